The Hall–Kier alpha value is -3.88. The maximum atomic E-state index is 13.1. The summed E-state index contributed by atoms with van der Waals surface area (Å²) in [5.41, 5.74) is 4.93. The molecule has 0 radical (unpaired) electrons. The van der Waals surface area contributed by atoms with Gasteiger partial charge in [-0.3, -0.25) is 14.9 Å². The van der Waals surface area contributed by atoms with Crippen LogP contribution in [0, 0.1) is 10.1 Å². The minimum absolute atomic E-state index is 0.0156. The van der Waals surface area contributed by atoms with Crippen molar-refractivity contribution in [2.45, 2.75) is 11.3 Å². The third kappa shape index (κ3) is 4.58. The number of rotatable bonds is 6. The number of benzene rings is 3. The Morgan fingerprint density at radius 1 is 1.00 bits per heavy atom. The molecule has 0 fully saturated rings. The number of nitro groups is 1. The van der Waals surface area contributed by atoms with Crippen LogP contribution in [0.15, 0.2) is 88.6 Å². The third-order valence-electron chi connectivity index (χ3n) is 5.74. The van der Waals surface area contributed by atoms with Gasteiger partial charge in [-0.15, -0.1) is 11.8 Å². The number of halogens is 1. The summed E-state index contributed by atoms with van der Waals surface area (Å²) in [6.07, 6.45) is 2.57. The molecule has 5 aromatic rings. The van der Waals surface area contributed by atoms with Gasteiger partial charge in [-0.25, -0.2) is 0 Å². The second kappa shape index (κ2) is 9.40. The highest BCUT2D eigenvalue weighted by atomic mass is 35.5. The van der Waals surface area contributed by atoms with Crippen LogP contribution in [0.25, 0.3) is 28.0 Å². The summed E-state index contributed by atoms with van der Waals surface area (Å²) < 4.78 is 1.37. The first-order valence-electron chi connectivity index (χ1n) is 10.7. The number of nitrogens with one attached hydrogen (secondary N) is 1. The fraction of sp³-hybridized carbons (Fsp3) is 0.0769. The Bertz CT molecular complexity index is 1590. The summed E-state index contributed by atoms with van der Waals surface area (Å²) >= 11 is 7.80. The topological polar surface area (TPSA) is 93.3 Å². The normalized spacial score (nSPS) is 11.1. The van der Waals surface area contributed by atoms with Crippen molar-refractivity contribution >= 4 is 34.7 Å². The Labute approximate surface area is 209 Å². The van der Waals surface area contributed by atoms with Crippen LogP contribution in [-0.2, 0) is 6.42 Å². The summed E-state index contributed by atoms with van der Waals surface area (Å²) in [6, 6.07) is 23.2. The summed E-state index contributed by atoms with van der Waals surface area (Å²) in [6.45, 7) is 0. The molecule has 0 aliphatic rings. The third-order valence-corrected chi connectivity index (χ3v) is 6.74. The van der Waals surface area contributed by atoms with E-state index in [1.54, 1.807) is 36.0 Å². The quantitative estimate of drug-likeness (QED) is 0.169. The zero-order chi connectivity index (χ0) is 24.5. The molecule has 2 aromatic heterocycles. The average molecular weight is 503 g/mol. The van der Waals surface area contributed by atoms with Crippen LogP contribution in [0.3, 0.4) is 0 Å². The lowest BCUT2D eigenvalue weighted by Crippen LogP contribution is -2.14. The van der Waals surface area contributed by atoms with E-state index in [0.29, 0.717) is 28.3 Å². The number of aromatic nitrogens is 3. The molecule has 0 unspecified atom stereocenters. The number of hydrogen-bond acceptors (Lipinski definition) is 5. The van der Waals surface area contributed by atoms with Crippen LogP contribution in [0.5, 0.6) is 0 Å². The Kier molecular flexibility index (Phi) is 6.15. The summed E-state index contributed by atoms with van der Waals surface area (Å²) in [5.74, 6) is 0. The summed E-state index contributed by atoms with van der Waals surface area (Å²) in [5, 5.41) is 16.3. The predicted octanol–water partition coefficient (Wildman–Crippen LogP) is 6.23. The molecule has 9 heteroatoms. The zero-order valence-corrected chi connectivity index (χ0v) is 20.1. The van der Waals surface area contributed by atoms with Crippen molar-refractivity contribution < 1.29 is 4.92 Å². The number of nitrogens with zero attached hydrogens (tertiary/aromatic N) is 3. The van der Waals surface area contributed by atoms with Gasteiger partial charge >= 0.3 is 0 Å². The molecule has 3 aromatic carbocycles. The summed E-state index contributed by atoms with van der Waals surface area (Å²) in [4.78, 5) is 28.1. The molecule has 0 saturated heterocycles. The van der Waals surface area contributed by atoms with Crippen LogP contribution in [0.2, 0.25) is 5.02 Å². The zero-order valence-electron chi connectivity index (χ0n) is 18.6. The predicted molar refractivity (Wildman–Crippen MR) is 139 cm³/mol. The van der Waals surface area contributed by atoms with E-state index in [1.165, 1.54) is 27.6 Å². The fourth-order valence-corrected chi connectivity index (χ4v) is 4.52. The average Bonchev–Trinajstić information content (AvgIpc) is 3.23. The molecule has 0 bridgehead atoms. The first-order chi connectivity index (χ1) is 16.9. The minimum atomic E-state index is -0.455. The van der Waals surface area contributed by atoms with Gasteiger partial charge in [0.05, 0.1) is 16.3 Å². The van der Waals surface area contributed by atoms with Gasteiger partial charge in [0.1, 0.15) is 5.65 Å². The van der Waals surface area contributed by atoms with E-state index < -0.39 is 4.92 Å². The van der Waals surface area contributed by atoms with Crippen molar-refractivity contribution in [1.82, 2.24) is 14.6 Å². The number of nitro benzene ring substituents is 1. The van der Waals surface area contributed by atoms with Crippen LogP contribution >= 0.6 is 23.4 Å². The van der Waals surface area contributed by atoms with E-state index in [2.05, 4.69) is 34.3 Å². The molecule has 174 valence electrons. The lowest BCUT2D eigenvalue weighted by molar-refractivity contribution is -0.384. The standard InChI is InChI=1S/C26H19ClN4O3S/c1-35-21-12-2-16(3-13-21)14-23-25(18-4-8-19(27)9-5-18)26-28-22(15-24(32)30(26)29-23)17-6-10-20(11-7-17)31(33)34/h2-13,15,28H,14H2,1H3. The van der Waals surface area contributed by atoms with Crippen molar-refractivity contribution in [3.63, 3.8) is 0 Å². The highest BCUT2D eigenvalue weighted by Crippen LogP contribution is 2.31. The molecule has 2 heterocycles. The van der Waals surface area contributed by atoms with Crippen molar-refractivity contribution in [2.24, 2.45) is 0 Å². The maximum Gasteiger partial charge on any atom is 0.274 e. The number of aromatic amines is 1. The Morgan fingerprint density at radius 3 is 2.29 bits per heavy atom. The van der Waals surface area contributed by atoms with Gasteiger partial charge in [0, 0.05) is 40.1 Å². The SMILES string of the molecule is CSc1ccc(Cc2nn3c(=O)cc(-c4ccc([N+](=O)[O-])cc4)[nH]c3c2-c2ccc(Cl)cc2)cc1. The van der Waals surface area contributed by atoms with Gasteiger partial charge in [-0.05, 0) is 59.3 Å². The van der Waals surface area contributed by atoms with E-state index in [9.17, 15) is 14.9 Å². The van der Waals surface area contributed by atoms with Crippen LogP contribution in [0.1, 0.15) is 11.3 Å². The molecular weight excluding hydrogens is 484 g/mol. The second-order valence-corrected chi connectivity index (χ2v) is 9.26. The van der Waals surface area contributed by atoms with E-state index in [-0.39, 0.29) is 11.2 Å². The molecule has 0 atom stereocenters. The van der Waals surface area contributed by atoms with Gasteiger partial charge in [0.2, 0.25) is 0 Å². The first kappa shape index (κ1) is 22.9. The molecule has 0 aliphatic heterocycles. The van der Waals surface area contributed by atoms with Gasteiger partial charge in [-0.1, -0.05) is 35.9 Å². The van der Waals surface area contributed by atoms with E-state index >= 15 is 0 Å². The number of thioether (sulfide) groups is 1. The molecule has 5 rings (SSSR count). The van der Waals surface area contributed by atoms with E-state index in [0.717, 1.165) is 22.4 Å². The monoisotopic (exact) mass is 502 g/mol. The molecule has 0 spiro atoms. The molecule has 35 heavy (non-hydrogen) atoms. The number of fused-ring (bicyclic) bond motifs is 1. The molecular formula is C26H19ClN4O3S. The molecule has 7 nitrogen and oxygen atoms in total. The van der Waals surface area contributed by atoms with E-state index in [4.69, 9.17) is 11.6 Å². The van der Waals surface area contributed by atoms with Gasteiger partial charge < -0.3 is 4.98 Å². The highest BCUT2D eigenvalue weighted by Gasteiger charge is 2.19. The Balaban J connectivity index is 1.68. The first-order valence-corrected chi connectivity index (χ1v) is 12.3. The number of non-ortho nitro benzene ring substituents is 1. The lowest BCUT2D eigenvalue weighted by Gasteiger charge is -2.07. The fourth-order valence-electron chi connectivity index (χ4n) is 3.99. The van der Waals surface area contributed by atoms with Crippen molar-refractivity contribution in [1.29, 1.82) is 0 Å². The molecule has 1 N–H and O–H groups in total. The van der Waals surface area contributed by atoms with Crippen molar-refractivity contribution in [2.75, 3.05) is 6.26 Å². The molecule has 0 amide bonds. The number of H-pyrrole nitrogens is 1. The molecule has 0 saturated carbocycles. The Morgan fingerprint density at radius 2 is 1.66 bits per heavy atom. The largest absolute Gasteiger partial charge is 0.339 e. The number of hydrogen-bond donors (Lipinski definition) is 1. The van der Waals surface area contributed by atoms with Gasteiger partial charge in [0.15, 0.2) is 0 Å². The van der Waals surface area contributed by atoms with Crippen molar-refractivity contribution in [3.05, 3.63) is 116 Å². The van der Waals surface area contributed by atoms with Crippen LogP contribution < -0.4 is 5.56 Å². The molecule has 0 aliphatic carbocycles. The van der Waals surface area contributed by atoms with Crippen LogP contribution in [-0.4, -0.2) is 25.8 Å². The van der Waals surface area contributed by atoms with Gasteiger partial charge in [-0.2, -0.15) is 9.61 Å². The van der Waals surface area contributed by atoms with Crippen molar-refractivity contribution in [3.8, 4) is 22.4 Å². The maximum absolute atomic E-state index is 13.1. The minimum Gasteiger partial charge on any atom is -0.339 e. The van der Waals surface area contributed by atoms with Crippen LogP contribution in [0.4, 0.5) is 5.69 Å². The van der Waals surface area contributed by atoms with Gasteiger partial charge in [0.25, 0.3) is 11.2 Å². The second-order valence-electron chi connectivity index (χ2n) is 7.94. The highest BCUT2D eigenvalue weighted by molar-refractivity contribution is 7.98. The lowest BCUT2D eigenvalue weighted by atomic mass is 10.0. The van der Waals surface area contributed by atoms with E-state index in [1.807, 2.05) is 18.4 Å². The smallest absolute Gasteiger partial charge is 0.274 e. The summed E-state index contributed by atoms with van der Waals surface area (Å²) in [7, 11) is 0.